The van der Waals surface area contributed by atoms with E-state index in [1.54, 1.807) is 5.57 Å². The van der Waals surface area contributed by atoms with Gasteiger partial charge in [-0.05, 0) is 61.3 Å². The molecule has 6 atom stereocenters. The van der Waals surface area contributed by atoms with E-state index >= 15 is 0 Å². The number of allylic oxidation sites excluding steroid dienone is 4. The number of aliphatic hydroxyl groups excluding tert-OH is 1. The number of carbonyl (C=O) groups is 2. The van der Waals surface area contributed by atoms with Gasteiger partial charge in [-0.15, -0.1) is 0 Å². The number of ketones is 2. The van der Waals surface area contributed by atoms with Crippen molar-refractivity contribution in [3.8, 4) is 0 Å². The average molecular weight is 359 g/mol. The second-order valence-corrected chi connectivity index (χ2v) is 9.40. The summed E-state index contributed by atoms with van der Waals surface area (Å²) in [6.07, 6.45) is 10.1. The lowest BCUT2D eigenvalue weighted by Crippen LogP contribution is -2.46. The highest BCUT2D eigenvalue weighted by molar-refractivity contribution is 5.92. The fraction of sp³-hybridized carbons (Fsp3) is 0.739. The first-order valence-corrected chi connectivity index (χ1v) is 9.89. The van der Waals surface area contributed by atoms with Gasteiger partial charge in [0.15, 0.2) is 11.6 Å². The lowest BCUT2D eigenvalue weighted by atomic mass is 9.51. The Labute approximate surface area is 157 Å². The van der Waals surface area contributed by atoms with Crippen molar-refractivity contribution in [3.05, 3.63) is 23.3 Å². The van der Waals surface area contributed by atoms with Crippen molar-refractivity contribution in [2.24, 2.45) is 34.5 Å². The van der Waals surface area contributed by atoms with Gasteiger partial charge in [-0.2, -0.15) is 0 Å². The van der Waals surface area contributed by atoms with Gasteiger partial charge < -0.3 is 5.11 Å². The molecule has 2 unspecified atom stereocenters. The zero-order chi connectivity index (χ0) is 18.0. The van der Waals surface area contributed by atoms with Crippen LogP contribution >= 0.6 is 0 Å². The summed E-state index contributed by atoms with van der Waals surface area (Å²) in [5.74, 6) is 1.71. The molecule has 2 saturated carbocycles. The van der Waals surface area contributed by atoms with Crippen LogP contribution in [0, 0.1) is 34.5 Å². The minimum absolute atomic E-state index is 0. The van der Waals surface area contributed by atoms with Gasteiger partial charge in [0.25, 0.3) is 0 Å². The highest BCUT2D eigenvalue weighted by atomic mass is 16.3. The fourth-order valence-electron chi connectivity index (χ4n) is 7.01. The molecule has 26 heavy (non-hydrogen) atoms. The topological polar surface area (TPSA) is 54.4 Å². The van der Waals surface area contributed by atoms with Gasteiger partial charge in [0, 0.05) is 17.8 Å². The van der Waals surface area contributed by atoms with Crippen LogP contribution in [0.5, 0.6) is 0 Å². The molecular weight excluding hydrogens is 324 g/mol. The van der Waals surface area contributed by atoms with Gasteiger partial charge in [-0.25, -0.2) is 0 Å². The second-order valence-electron chi connectivity index (χ2n) is 9.40. The number of rotatable bonds is 2. The van der Waals surface area contributed by atoms with Crippen LogP contribution in [0.15, 0.2) is 23.3 Å². The summed E-state index contributed by atoms with van der Waals surface area (Å²) in [6.45, 7) is 6.48. The van der Waals surface area contributed by atoms with Crippen molar-refractivity contribution in [2.45, 2.75) is 66.7 Å². The molecule has 144 valence electrons. The molecule has 0 aromatic carbocycles. The number of hydrogen-bond acceptors (Lipinski definition) is 3. The summed E-state index contributed by atoms with van der Waals surface area (Å²) in [5, 5.41) is 9.47. The van der Waals surface area contributed by atoms with Crippen LogP contribution in [0.1, 0.15) is 66.7 Å². The Kier molecular flexibility index (Phi) is 4.84. The minimum atomic E-state index is -0.328. The lowest BCUT2D eigenvalue weighted by molar-refractivity contribution is -0.131. The molecule has 0 heterocycles. The van der Waals surface area contributed by atoms with Gasteiger partial charge in [-0.1, -0.05) is 45.4 Å². The Morgan fingerprint density at radius 1 is 1.31 bits per heavy atom. The van der Waals surface area contributed by atoms with Crippen molar-refractivity contribution >= 4 is 11.6 Å². The zero-order valence-electron chi connectivity index (χ0n) is 15.7. The molecule has 4 rings (SSSR count). The maximum Gasteiger partial charge on any atom is 0.162 e. The lowest BCUT2D eigenvalue weighted by Gasteiger charge is -2.53. The Morgan fingerprint density at radius 2 is 2.04 bits per heavy atom. The molecule has 3 nitrogen and oxygen atoms in total. The van der Waals surface area contributed by atoms with E-state index in [0.717, 1.165) is 32.1 Å². The minimum Gasteiger partial charge on any atom is -0.389 e. The van der Waals surface area contributed by atoms with Crippen molar-refractivity contribution in [1.29, 1.82) is 0 Å². The smallest absolute Gasteiger partial charge is 0.162 e. The molecule has 4 aliphatic rings. The molecule has 0 saturated heterocycles. The van der Waals surface area contributed by atoms with Gasteiger partial charge in [0.2, 0.25) is 0 Å². The van der Waals surface area contributed by atoms with E-state index in [0.29, 0.717) is 24.2 Å². The van der Waals surface area contributed by atoms with Gasteiger partial charge >= 0.3 is 0 Å². The number of hydrogen-bond donors (Lipinski definition) is 1. The third-order valence-corrected chi connectivity index (χ3v) is 8.18. The van der Waals surface area contributed by atoms with Crippen molar-refractivity contribution in [2.75, 3.05) is 6.61 Å². The summed E-state index contributed by atoms with van der Waals surface area (Å²) in [7, 11) is 0. The normalized spacial score (nSPS) is 44.1. The van der Waals surface area contributed by atoms with E-state index < -0.39 is 0 Å². The predicted octanol–water partition coefficient (Wildman–Crippen LogP) is 4.50. The molecular formula is C23H34O3. The highest BCUT2D eigenvalue weighted by Crippen LogP contribution is 2.65. The van der Waals surface area contributed by atoms with Gasteiger partial charge in [0.05, 0.1) is 0 Å². The molecule has 0 radical (unpaired) electrons. The Balaban J connectivity index is 0.00000196. The standard InChI is InChI=1S/C22H30O3.CH4/c1-13-10-18-16-5-4-14-11-15(24)6-8-21(14,2)17(16)7-9-22(18,3)20(13)19(25)12-23;/h7,11,13,16,18,20,23H,4-6,8-10,12H2,1-3H3;1H4/t13-,16?,18?,20-,21+,22+;/m1./s1. The van der Waals surface area contributed by atoms with E-state index in [9.17, 15) is 14.7 Å². The van der Waals surface area contributed by atoms with Crippen LogP contribution in [0.3, 0.4) is 0 Å². The maximum atomic E-state index is 12.5. The van der Waals surface area contributed by atoms with Crippen LogP contribution in [0.4, 0.5) is 0 Å². The maximum absolute atomic E-state index is 12.5. The SMILES string of the molecule is C.C[C@@H]1CC2C3CCC4=CC(=O)CC[C@]4(C)C3=CC[C@]2(C)[C@H]1C(=O)CO. The second kappa shape index (κ2) is 6.44. The first-order chi connectivity index (χ1) is 11.8. The van der Waals surface area contributed by atoms with E-state index in [2.05, 4.69) is 26.8 Å². The summed E-state index contributed by atoms with van der Waals surface area (Å²) >= 11 is 0. The number of aliphatic hydroxyl groups is 1. The zero-order valence-corrected chi connectivity index (χ0v) is 15.7. The molecule has 0 aromatic rings. The molecule has 0 aliphatic heterocycles. The van der Waals surface area contributed by atoms with Crippen molar-refractivity contribution in [3.63, 3.8) is 0 Å². The molecule has 0 aromatic heterocycles. The summed E-state index contributed by atoms with van der Waals surface area (Å²) in [5.41, 5.74) is 2.92. The summed E-state index contributed by atoms with van der Waals surface area (Å²) in [4.78, 5) is 24.3. The third kappa shape index (κ3) is 2.50. The van der Waals surface area contributed by atoms with E-state index in [1.165, 1.54) is 5.57 Å². The molecule has 0 amide bonds. The van der Waals surface area contributed by atoms with Crippen LogP contribution < -0.4 is 0 Å². The first kappa shape index (κ1) is 19.5. The Bertz CT molecular complexity index is 688. The molecule has 0 bridgehead atoms. The van der Waals surface area contributed by atoms with Crippen LogP contribution in [0.2, 0.25) is 0 Å². The Morgan fingerprint density at radius 3 is 2.73 bits per heavy atom. The van der Waals surface area contributed by atoms with E-state index in [1.807, 2.05) is 6.08 Å². The van der Waals surface area contributed by atoms with E-state index in [4.69, 9.17) is 0 Å². The molecule has 0 spiro atoms. The average Bonchev–Trinajstić information content (AvgIpc) is 2.85. The van der Waals surface area contributed by atoms with Crippen molar-refractivity contribution < 1.29 is 14.7 Å². The van der Waals surface area contributed by atoms with Gasteiger partial charge in [0.1, 0.15) is 6.61 Å². The molecule has 2 fully saturated rings. The first-order valence-electron chi connectivity index (χ1n) is 9.89. The summed E-state index contributed by atoms with van der Waals surface area (Å²) in [6, 6.07) is 0. The number of fused-ring (bicyclic) bond motifs is 5. The van der Waals surface area contributed by atoms with Crippen LogP contribution in [-0.2, 0) is 9.59 Å². The van der Waals surface area contributed by atoms with Crippen LogP contribution in [-0.4, -0.2) is 23.3 Å². The molecule has 1 N–H and O–H groups in total. The largest absolute Gasteiger partial charge is 0.389 e. The Hall–Kier alpha value is -1.22. The number of carbonyl (C=O) groups excluding carboxylic acids is 2. The fourth-order valence-corrected chi connectivity index (χ4v) is 7.01. The monoisotopic (exact) mass is 358 g/mol. The quantitative estimate of drug-likeness (QED) is 0.740. The highest BCUT2D eigenvalue weighted by Gasteiger charge is 2.59. The summed E-state index contributed by atoms with van der Waals surface area (Å²) < 4.78 is 0. The van der Waals surface area contributed by atoms with Gasteiger partial charge in [-0.3, -0.25) is 9.59 Å². The number of Topliss-reactive ketones (excluding diaryl/α,β-unsaturated/α-hetero) is 1. The molecule has 4 aliphatic carbocycles. The van der Waals surface area contributed by atoms with Crippen molar-refractivity contribution in [1.82, 2.24) is 0 Å². The molecule has 3 heteroatoms. The van der Waals surface area contributed by atoms with E-state index in [-0.39, 0.29) is 42.3 Å². The third-order valence-electron chi connectivity index (χ3n) is 8.18. The predicted molar refractivity (Wildman–Crippen MR) is 104 cm³/mol. The van der Waals surface area contributed by atoms with Crippen LogP contribution in [0.25, 0.3) is 0 Å².